The van der Waals surface area contributed by atoms with Crippen LogP contribution < -0.4 is 15.4 Å². The molecule has 0 fully saturated rings. The van der Waals surface area contributed by atoms with Crippen LogP contribution in [0.5, 0.6) is 11.5 Å². The lowest BCUT2D eigenvalue weighted by molar-refractivity contribution is 0.0345. The first-order valence-corrected chi connectivity index (χ1v) is 4.45. The van der Waals surface area contributed by atoms with Crippen LogP contribution in [0.3, 0.4) is 0 Å². The Balaban J connectivity index is 0.00000225. The van der Waals surface area contributed by atoms with Gasteiger partial charge in [0.2, 0.25) is 0 Å². The third kappa shape index (κ3) is 3.24. The molecule has 1 aromatic rings. The van der Waals surface area contributed by atoms with Gasteiger partial charge in [0.1, 0.15) is 6.10 Å². The van der Waals surface area contributed by atoms with Crippen LogP contribution in [0.25, 0.3) is 0 Å². The smallest absolute Gasteiger partial charge is 0.166 e. The SMILES string of the molecule is COc1cccc(C(O)CON)c1OC.Cl. The molecule has 1 rings (SSSR count). The number of para-hydroxylation sites is 1. The van der Waals surface area contributed by atoms with Crippen LogP contribution in [0.2, 0.25) is 0 Å². The van der Waals surface area contributed by atoms with Crippen LogP contribution in [0.1, 0.15) is 11.7 Å². The van der Waals surface area contributed by atoms with E-state index in [9.17, 15) is 5.11 Å². The van der Waals surface area contributed by atoms with Crippen molar-refractivity contribution in [2.45, 2.75) is 6.10 Å². The van der Waals surface area contributed by atoms with Gasteiger partial charge in [-0.1, -0.05) is 12.1 Å². The first-order chi connectivity index (χ1) is 7.24. The lowest BCUT2D eigenvalue weighted by atomic mass is 10.1. The molecule has 0 saturated heterocycles. The van der Waals surface area contributed by atoms with Crippen molar-refractivity contribution in [3.8, 4) is 11.5 Å². The lowest BCUT2D eigenvalue weighted by Gasteiger charge is -2.15. The predicted molar refractivity (Wildman–Crippen MR) is 61.9 cm³/mol. The summed E-state index contributed by atoms with van der Waals surface area (Å²) in [5.74, 6) is 5.95. The zero-order chi connectivity index (χ0) is 11.3. The highest BCUT2D eigenvalue weighted by Crippen LogP contribution is 2.34. The van der Waals surface area contributed by atoms with Gasteiger partial charge < -0.3 is 19.4 Å². The molecule has 5 nitrogen and oxygen atoms in total. The molecule has 1 atom stereocenters. The molecule has 0 aliphatic rings. The Bertz CT molecular complexity index is 322. The second-order valence-corrected chi connectivity index (χ2v) is 2.93. The molecule has 3 N–H and O–H groups in total. The molecule has 0 heterocycles. The summed E-state index contributed by atoms with van der Waals surface area (Å²) in [5, 5.41) is 9.71. The maximum absolute atomic E-state index is 9.71. The highest BCUT2D eigenvalue weighted by Gasteiger charge is 2.16. The van der Waals surface area contributed by atoms with Gasteiger partial charge in [-0.2, -0.15) is 0 Å². The van der Waals surface area contributed by atoms with Crippen molar-refractivity contribution in [1.82, 2.24) is 0 Å². The van der Waals surface area contributed by atoms with Crippen LogP contribution in [0.15, 0.2) is 18.2 Å². The van der Waals surface area contributed by atoms with E-state index in [-0.39, 0.29) is 19.0 Å². The van der Waals surface area contributed by atoms with Gasteiger partial charge in [-0.3, -0.25) is 0 Å². The normalized spacial score (nSPS) is 11.5. The van der Waals surface area contributed by atoms with Crippen molar-refractivity contribution in [3.63, 3.8) is 0 Å². The Morgan fingerprint density at radius 1 is 1.31 bits per heavy atom. The highest BCUT2D eigenvalue weighted by atomic mass is 35.5. The van der Waals surface area contributed by atoms with Gasteiger partial charge in [0.25, 0.3) is 0 Å². The third-order valence-corrected chi connectivity index (χ3v) is 2.05. The van der Waals surface area contributed by atoms with E-state index in [4.69, 9.17) is 15.4 Å². The Morgan fingerprint density at radius 2 is 2.00 bits per heavy atom. The average molecular weight is 250 g/mol. The summed E-state index contributed by atoms with van der Waals surface area (Å²) in [6.07, 6.45) is -0.833. The van der Waals surface area contributed by atoms with Gasteiger partial charge in [-0.25, -0.2) is 5.90 Å². The topological polar surface area (TPSA) is 73.9 Å². The van der Waals surface area contributed by atoms with Gasteiger partial charge >= 0.3 is 0 Å². The molecule has 1 aromatic carbocycles. The van der Waals surface area contributed by atoms with Crippen molar-refractivity contribution >= 4 is 12.4 Å². The number of benzene rings is 1. The molecule has 6 heteroatoms. The van der Waals surface area contributed by atoms with Crippen molar-refractivity contribution in [3.05, 3.63) is 23.8 Å². The maximum atomic E-state index is 9.71. The number of ether oxygens (including phenoxy) is 2. The number of hydrogen-bond donors (Lipinski definition) is 2. The third-order valence-electron chi connectivity index (χ3n) is 2.05. The molecular weight excluding hydrogens is 234 g/mol. The molecule has 0 aromatic heterocycles. The predicted octanol–water partition coefficient (Wildman–Crippen LogP) is 1.05. The minimum atomic E-state index is -0.833. The number of halogens is 1. The van der Waals surface area contributed by atoms with E-state index in [1.807, 2.05) is 0 Å². The number of methoxy groups -OCH3 is 2. The molecule has 0 aliphatic heterocycles. The largest absolute Gasteiger partial charge is 0.493 e. The van der Waals surface area contributed by atoms with Crippen molar-refractivity contribution in [2.75, 3.05) is 20.8 Å². The van der Waals surface area contributed by atoms with Crippen LogP contribution >= 0.6 is 12.4 Å². The number of nitrogens with two attached hydrogens (primary N) is 1. The first kappa shape index (κ1) is 15.0. The minimum Gasteiger partial charge on any atom is -0.493 e. The van der Waals surface area contributed by atoms with Gasteiger partial charge in [-0.15, -0.1) is 12.4 Å². The van der Waals surface area contributed by atoms with Crippen LogP contribution in [0, 0.1) is 0 Å². The number of rotatable bonds is 5. The quantitative estimate of drug-likeness (QED) is 0.763. The molecule has 0 radical (unpaired) electrons. The fourth-order valence-corrected chi connectivity index (χ4v) is 1.36. The molecule has 92 valence electrons. The second-order valence-electron chi connectivity index (χ2n) is 2.93. The van der Waals surface area contributed by atoms with Gasteiger partial charge in [0.15, 0.2) is 11.5 Å². The minimum absolute atomic E-state index is 0. The zero-order valence-corrected chi connectivity index (χ0v) is 9.99. The summed E-state index contributed by atoms with van der Waals surface area (Å²) in [5.41, 5.74) is 0.585. The van der Waals surface area contributed by atoms with Crippen LogP contribution in [-0.2, 0) is 4.84 Å². The van der Waals surface area contributed by atoms with E-state index < -0.39 is 6.10 Å². The Hall–Kier alpha value is -1.01. The molecule has 0 spiro atoms. The summed E-state index contributed by atoms with van der Waals surface area (Å²) in [7, 11) is 3.05. The van der Waals surface area contributed by atoms with Crippen molar-refractivity contribution in [1.29, 1.82) is 0 Å². The Kier molecular flexibility index (Phi) is 6.83. The Morgan fingerprint density at radius 3 is 2.50 bits per heavy atom. The first-order valence-electron chi connectivity index (χ1n) is 4.45. The Labute approximate surface area is 100 Å². The molecule has 0 aliphatic carbocycles. The van der Waals surface area contributed by atoms with E-state index in [0.29, 0.717) is 17.1 Å². The number of aliphatic hydroxyl groups excluding tert-OH is 1. The van der Waals surface area contributed by atoms with Gasteiger partial charge in [-0.05, 0) is 6.07 Å². The van der Waals surface area contributed by atoms with E-state index in [2.05, 4.69) is 4.84 Å². The van der Waals surface area contributed by atoms with E-state index in [0.717, 1.165) is 0 Å². The number of aliphatic hydroxyl groups is 1. The van der Waals surface area contributed by atoms with Gasteiger partial charge in [0, 0.05) is 5.56 Å². The second kappa shape index (κ2) is 7.29. The van der Waals surface area contributed by atoms with Gasteiger partial charge in [0.05, 0.1) is 20.8 Å². The van der Waals surface area contributed by atoms with E-state index in [1.165, 1.54) is 14.2 Å². The standard InChI is InChI=1S/C10H15NO4.ClH/c1-13-9-5-3-4-7(10(9)14-2)8(12)6-15-11;/h3-5,8,12H,6,11H2,1-2H3;1H. The van der Waals surface area contributed by atoms with E-state index in [1.54, 1.807) is 18.2 Å². The molecule has 1 unspecified atom stereocenters. The fraction of sp³-hybridized carbons (Fsp3) is 0.400. The maximum Gasteiger partial charge on any atom is 0.166 e. The monoisotopic (exact) mass is 249 g/mol. The zero-order valence-electron chi connectivity index (χ0n) is 9.17. The van der Waals surface area contributed by atoms with Crippen LogP contribution in [-0.4, -0.2) is 25.9 Å². The van der Waals surface area contributed by atoms with Crippen LogP contribution in [0.4, 0.5) is 0 Å². The molecule has 0 saturated carbocycles. The highest BCUT2D eigenvalue weighted by molar-refractivity contribution is 5.85. The fourth-order valence-electron chi connectivity index (χ4n) is 1.36. The van der Waals surface area contributed by atoms with Crippen molar-refractivity contribution in [2.24, 2.45) is 5.90 Å². The molecule has 0 amide bonds. The molecular formula is C10H16ClNO4. The lowest BCUT2D eigenvalue weighted by Crippen LogP contribution is -2.12. The number of hydrogen-bond acceptors (Lipinski definition) is 5. The summed E-state index contributed by atoms with van der Waals surface area (Å²) in [6.45, 7) is 0.00350. The summed E-state index contributed by atoms with van der Waals surface area (Å²) in [4.78, 5) is 4.38. The molecule has 16 heavy (non-hydrogen) atoms. The van der Waals surface area contributed by atoms with E-state index >= 15 is 0 Å². The summed E-state index contributed by atoms with van der Waals surface area (Å²) < 4.78 is 10.3. The molecule has 0 bridgehead atoms. The van der Waals surface area contributed by atoms with Crippen molar-refractivity contribution < 1.29 is 19.4 Å². The summed E-state index contributed by atoms with van der Waals surface area (Å²) >= 11 is 0. The summed E-state index contributed by atoms with van der Waals surface area (Å²) in [6, 6.07) is 5.24. The average Bonchev–Trinajstić information content (AvgIpc) is 2.28.